The standard InChI is InChI=1S/C15H17ClN4O2/c1-22-8-2-7-17-15(21)13-9-14(19-10-18-13)20-12-5-3-11(16)4-6-12/h3-6,9-10H,2,7-8H2,1H3,(H,17,21)(H,18,19,20). The van der Waals surface area contributed by atoms with Gasteiger partial charge < -0.3 is 15.4 Å². The van der Waals surface area contributed by atoms with Gasteiger partial charge in [0, 0.05) is 37.0 Å². The number of ether oxygens (including phenoxy) is 1. The van der Waals surface area contributed by atoms with Crippen molar-refractivity contribution < 1.29 is 9.53 Å². The molecule has 116 valence electrons. The van der Waals surface area contributed by atoms with Crippen molar-refractivity contribution in [1.29, 1.82) is 0 Å². The zero-order chi connectivity index (χ0) is 15.8. The number of rotatable bonds is 7. The Balaban J connectivity index is 1.97. The lowest BCUT2D eigenvalue weighted by molar-refractivity contribution is 0.0943. The molecule has 0 bridgehead atoms. The van der Waals surface area contributed by atoms with E-state index in [9.17, 15) is 4.79 Å². The number of nitrogens with one attached hydrogen (secondary N) is 2. The van der Waals surface area contributed by atoms with Gasteiger partial charge in [0.05, 0.1) is 0 Å². The molecule has 0 saturated heterocycles. The summed E-state index contributed by atoms with van der Waals surface area (Å²) in [5, 5.41) is 6.53. The Hall–Kier alpha value is -2.18. The highest BCUT2D eigenvalue weighted by atomic mass is 35.5. The van der Waals surface area contributed by atoms with Crippen LogP contribution in [0.4, 0.5) is 11.5 Å². The Labute approximate surface area is 133 Å². The summed E-state index contributed by atoms with van der Waals surface area (Å²) in [5.74, 6) is 0.303. The normalized spacial score (nSPS) is 10.3. The Morgan fingerprint density at radius 2 is 2.05 bits per heavy atom. The van der Waals surface area contributed by atoms with Crippen LogP contribution in [0.2, 0.25) is 5.02 Å². The molecule has 0 fully saturated rings. The highest BCUT2D eigenvalue weighted by Gasteiger charge is 2.08. The van der Waals surface area contributed by atoms with Crippen LogP contribution in [0.5, 0.6) is 0 Å². The summed E-state index contributed by atoms with van der Waals surface area (Å²) in [6, 6.07) is 8.80. The molecule has 6 nitrogen and oxygen atoms in total. The van der Waals surface area contributed by atoms with Gasteiger partial charge in [0.1, 0.15) is 17.8 Å². The van der Waals surface area contributed by atoms with E-state index in [0.29, 0.717) is 29.7 Å². The monoisotopic (exact) mass is 320 g/mol. The third kappa shape index (κ3) is 4.98. The van der Waals surface area contributed by atoms with E-state index in [1.54, 1.807) is 25.3 Å². The lowest BCUT2D eigenvalue weighted by atomic mass is 10.3. The molecule has 0 aliphatic rings. The minimum absolute atomic E-state index is 0.238. The second-order valence-corrected chi connectivity index (χ2v) is 4.96. The minimum Gasteiger partial charge on any atom is -0.385 e. The van der Waals surface area contributed by atoms with E-state index in [0.717, 1.165) is 12.1 Å². The van der Waals surface area contributed by atoms with E-state index in [-0.39, 0.29) is 5.91 Å². The molecule has 7 heteroatoms. The smallest absolute Gasteiger partial charge is 0.270 e. The molecular formula is C15H17ClN4O2. The highest BCUT2D eigenvalue weighted by Crippen LogP contribution is 2.17. The summed E-state index contributed by atoms with van der Waals surface area (Å²) in [6.07, 6.45) is 2.10. The fourth-order valence-electron chi connectivity index (χ4n) is 1.74. The highest BCUT2D eigenvalue weighted by molar-refractivity contribution is 6.30. The number of carbonyl (C=O) groups excluding carboxylic acids is 1. The van der Waals surface area contributed by atoms with Crippen LogP contribution in [0.25, 0.3) is 0 Å². The van der Waals surface area contributed by atoms with E-state index in [4.69, 9.17) is 16.3 Å². The first-order valence-electron chi connectivity index (χ1n) is 6.81. The van der Waals surface area contributed by atoms with Crippen molar-refractivity contribution in [2.75, 3.05) is 25.6 Å². The number of halogens is 1. The molecule has 0 radical (unpaired) electrons. The quantitative estimate of drug-likeness (QED) is 0.767. The van der Waals surface area contributed by atoms with E-state index < -0.39 is 0 Å². The molecule has 2 aromatic rings. The number of methoxy groups -OCH3 is 1. The van der Waals surface area contributed by atoms with Crippen molar-refractivity contribution in [3.8, 4) is 0 Å². The number of benzene rings is 1. The summed E-state index contributed by atoms with van der Waals surface area (Å²) in [7, 11) is 1.63. The van der Waals surface area contributed by atoms with Gasteiger partial charge in [0.25, 0.3) is 5.91 Å². The second kappa shape index (κ2) is 8.31. The van der Waals surface area contributed by atoms with Gasteiger partial charge in [-0.15, -0.1) is 0 Å². The molecule has 22 heavy (non-hydrogen) atoms. The molecular weight excluding hydrogens is 304 g/mol. The van der Waals surface area contributed by atoms with Crippen molar-refractivity contribution in [3.63, 3.8) is 0 Å². The van der Waals surface area contributed by atoms with Crippen LogP contribution >= 0.6 is 11.6 Å². The van der Waals surface area contributed by atoms with Crippen molar-refractivity contribution in [2.45, 2.75) is 6.42 Å². The van der Waals surface area contributed by atoms with Crippen molar-refractivity contribution >= 4 is 29.0 Å². The van der Waals surface area contributed by atoms with E-state index >= 15 is 0 Å². The molecule has 1 heterocycles. The molecule has 1 aromatic carbocycles. The number of hydrogen-bond acceptors (Lipinski definition) is 5. The zero-order valence-corrected chi connectivity index (χ0v) is 12.9. The predicted molar refractivity (Wildman–Crippen MR) is 85.6 cm³/mol. The van der Waals surface area contributed by atoms with Gasteiger partial charge in [-0.2, -0.15) is 0 Å². The van der Waals surface area contributed by atoms with E-state index in [2.05, 4.69) is 20.6 Å². The maximum absolute atomic E-state index is 12.0. The first-order chi connectivity index (χ1) is 10.7. The fourth-order valence-corrected chi connectivity index (χ4v) is 1.87. The Bertz CT molecular complexity index is 619. The summed E-state index contributed by atoms with van der Waals surface area (Å²) in [6.45, 7) is 1.14. The number of nitrogens with zero attached hydrogens (tertiary/aromatic N) is 2. The topological polar surface area (TPSA) is 76.1 Å². The summed E-state index contributed by atoms with van der Waals surface area (Å²) in [5.41, 5.74) is 1.14. The summed E-state index contributed by atoms with van der Waals surface area (Å²) in [4.78, 5) is 20.0. The van der Waals surface area contributed by atoms with Gasteiger partial charge in [0.2, 0.25) is 0 Å². The molecule has 0 spiro atoms. The van der Waals surface area contributed by atoms with Gasteiger partial charge in [0.15, 0.2) is 0 Å². The van der Waals surface area contributed by atoms with Crippen LogP contribution < -0.4 is 10.6 Å². The molecule has 1 amide bonds. The Morgan fingerprint density at radius 3 is 2.77 bits per heavy atom. The molecule has 2 N–H and O–H groups in total. The number of anilines is 2. The maximum Gasteiger partial charge on any atom is 0.270 e. The van der Waals surface area contributed by atoms with E-state index in [1.165, 1.54) is 6.33 Å². The largest absolute Gasteiger partial charge is 0.385 e. The average Bonchev–Trinajstić information content (AvgIpc) is 2.54. The Morgan fingerprint density at radius 1 is 1.27 bits per heavy atom. The zero-order valence-electron chi connectivity index (χ0n) is 12.2. The first-order valence-corrected chi connectivity index (χ1v) is 7.18. The van der Waals surface area contributed by atoms with Crippen LogP contribution in [0.15, 0.2) is 36.7 Å². The Kier molecular flexibility index (Phi) is 6.12. The SMILES string of the molecule is COCCCNC(=O)c1cc(Nc2ccc(Cl)cc2)ncn1. The predicted octanol–water partition coefficient (Wildman–Crippen LogP) is 2.64. The number of aromatic nitrogens is 2. The van der Waals surface area contributed by atoms with Crippen molar-refractivity contribution in [2.24, 2.45) is 0 Å². The summed E-state index contributed by atoms with van der Waals surface area (Å²) < 4.78 is 4.93. The lowest BCUT2D eigenvalue weighted by Gasteiger charge is -2.07. The molecule has 0 aliphatic carbocycles. The molecule has 2 rings (SSSR count). The van der Waals surface area contributed by atoms with Crippen molar-refractivity contribution in [1.82, 2.24) is 15.3 Å². The van der Waals surface area contributed by atoms with Gasteiger partial charge in [-0.1, -0.05) is 11.6 Å². The van der Waals surface area contributed by atoms with Gasteiger partial charge in [-0.25, -0.2) is 9.97 Å². The van der Waals surface area contributed by atoms with Gasteiger partial charge >= 0.3 is 0 Å². The lowest BCUT2D eigenvalue weighted by Crippen LogP contribution is -2.26. The van der Waals surface area contributed by atoms with Gasteiger partial charge in [-0.3, -0.25) is 4.79 Å². The molecule has 0 atom stereocenters. The maximum atomic E-state index is 12.0. The van der Waals surface area contributed by atoms with Crippen LogP contribution in [0, 0.1) is 0 Å². The average molecular weight is 321 g/mol. The number of hydrogen-bond donors (Lipinski definition) is 2. The van der Waals surface area contributed by atoms with Crippen LogP contribution in [-0.4, -0.2) is 36.1 Å². The fraction of sp³-hybridized carbons (Fsp3) is 0.267. The summed E-state index contributed by atoms with van der Waals surface area (Å²) >= 11 is 5.84. The molecule has 0 aliphatic heterocycles. The van der Waals surface area contributed by atoms with Crippen molar-refractivity contribution in [3.05, 3.63) is 47.4 Å². The number of amides is 1. The first kappa shape index (κ1) is 16.2. The van der Waals surface area contributed by atoms with Crippen LogP contribution in [0.3, 0.4) is 0 Å². The minimum atomic E-state index is -0.238. The van der Waals surface area contributed by atoms with Crippen LogP contribution in [0.1, 0.15) is 16.9 Å². The number of carbonyl (C=O) groups is 1. The molecule has 1 aromatic heterocycles. The third-order valence-corrected chi connectivity index (χ3v) is 3.08. The molecule has 0 saturated carbocycles. The van der Waals surface area contributed by atoms with Crippen LogP contribution in [-0.2, 0) is 4.74 Å². The second-order valence-electron chi connectivity index (χ2n) is 4.52. The van der Waals surface area contributed by atoms with Gasteiger partial charge in [-0.05, 0) is 30.7 Å². The molecule has 0 unspecified atom stereocenters. The third-order valence-electron chi connectivity index (χ3n) is 2.83. The van der Waals surface area contributed by atoms with E-state index in [1.807, 2.05) is 12.1 Å².